The summed E-state index contributed by atoms with van der Waals surface area (Å²) in [6.45, 7) is 12.2. The number of carbonyl (C=O) groups is 5. The Kier molecular flexibility index (Phi) is 12.6. The number of ether oxygens (including phenoxy) is 4. The highest BCUT2D eigenvalue weighted by Gasteiger charge is 2.46. The van der Waals surface area contributed by atoms with Crippen LogP contribution in [0.5, 0.6) is 0 Å². The van der Waals surface area contributed by atoms with E-state index in [4.69, 9.17) is 24.7 Å². The number of methoxy groups -OCH3 is 2. The average molecular weight is 725 g/mol. The molecule has 4 atom stereocenters. The molecule has 2 saturated heterocycles. The molecule has 2 aromatic carbocycles. The van der Waals surface area contributed by atoms with E-state index in [1.165, 1.54) is 24.0 Å². The van der Waals surface area contributed by atoms with Gasteiger partial charge in [0, 0.05) is 50.0 Å². The van der Waals surface area contributed by atoms with E-state index in [1.54, 1.807) is 46.4 Å². The molecular weight excluding hydrogens is 672 g/mol. The van der Waals surface area contributed by atoms with Crippen LogP contribution in [0.2, 0.25) is 0 Å². The van der Waals surface area contributed by atoms with E-state index < -0.39 is 47.4 Å². The largest absolute Gasteiger partial charge is 0.467 e. The molecule has 284 valence electrons. The van der Waals surface area contributed by atoms with Crippen LogP contribution in [-0.4, -0.2) is 108 Å². The standard InChI is InChI=1S/C19H25N3O5.C18H27N3O4/c1-19(2,3)27-18(25)22-11-13(9-15(22)16(23)26-4)21-10-12-7-5-6-8-14(12)20-17(21)24;1-18(2,3)25-17(23)21-11-13(9-15(21)16(22)24-4)20-10-12-7-5-6-8-14(12)19/h5-8,13,15H,9-11H2,1-4H3,(H,20,24);5-8,13,15,20H,9-11,19H2,1-4H3/t2*13?,15-/m00/s1. The molecule has 3 aliphatic rings. The summed E-state index contributed by atoms with van der Waals surface area (Å²) in [4.78, 5) is 66.3. The smallest absolute Gasteiger partial charge is 0.411 e. The van der Waals surface area contributed by atoms with Crippen molar-refractivity contribution in [2.24, 2.45) is 0 Å². The SMILES string of the molecule is COC(=O)[C@@H]1CC(N2Cc3ccccc3NC2=O)CN1C(=O)OC(C)(C)C.COC(=O)[C@@H]1CC(NCc2ccccc2N)CN1C(=O)OC(C)(C)C. The van der Waals surface area contributed by atoms with Crippen molar-refractivity contribution in [1.29, 1.82) is 0 Å². The van der Waals surface area contributed by atoms with Crippen LogP contribution in [0.4, 0.5) is 25.8 Å². The normalized spacial score (nSPS) is 21.3. The number of nitrogens with zero attached hydrogens (tertiary/aromatic N) is 3. The number of amides is 4. The lowest BCUT2D eigenvalue weighted by atomic mass is 10.1. The summed E-state index contributed by atoms with van der Waals surface area (Å²) in [6.07, 6.45) is -0.315. The zero-order chi connectivity index (χ0) is 38.4. The first kappa shape index (κ1) is 39.7. The summed E-state index contributed by atoms with van der Waals surface area (Å²) in [5, 5.41) is 6.22. The summed E-state index contributed by atoms with van der Waals surface area (Å²) in [5.74, 6) is -0.949. The lowest BCUT2D eigenvalue weighted by molar-refractivity contribution is -0.146. The van der Waals surface area contributed by atoms with Crippen LogP contribution < -0.4 is 16.4 Å². The second kappa shape index (κ2) is 16.5. The van der Waals surface area contributed by atoms with Crippen LogP contribution in [0.25, 0.3) is 0 Å². The molecule has 0 bridgehead atoms. The minimum atomic E-state index is -0.778. The van der Waals surface area contributed by atoms with Crippen LogP contribution in [0, 0.1) is 0 Å². The van der Waals surface area contributed by atoms with Crippen molar-refractivity contribution in [1.82, 2.24) is 20.0 Å². The van der Waals surface area contributed by atoms with Crippen LogP contribution >= 0.6 is 0 Å². The molecule has 15 nitrogen and oxygen atoms in total. The topological polar surface area (TPSA) is 182 Å². The molecule has 2 unspecified atom stereocenters. The van der Waals surface area contributed by atoms with Gasteiger partial charge in [-0.2, -0.15) is 0 Å². The highest BCUT2D eigenvalue weighted by atomic mass is 16.6. The third-order valence-electron chi connectivity index (χ3n) is 8.72. The molecule has 4 N–H and O–H groups in total. The number of nitrogens with two attached hydrogens (primary N) is 1. The number of esters is 2. The fraction of sp³-hybridized carbons (Fsp3) is 0.541. The molecule has 0 aromatic heterocycles. The summed E-state index contributed by atoms with van der Waals surface area (Å²) in [7, 11) is 2.60. The van der Waals surface area contributed by atoms with Gasteiger partial charge >= 0.3 is 30.2 Å². The molecule has 2 fully saturated rings. The maximum absolute atomic E-state index is 12.6. The van der Waals surface area contributed by atoms with Crippen LogP contribution in [0.3, 0.4) is 0 Å². The van der Waals surface area contributed by atoms with Crippen LogP contribution in [0.1, 0.15) is 65.5 Å². The van der Waals surface area contributed by atoms with Crippen molar-refractivity contribution in [2.45, 2.75) is 103 Å². The number of likely N-dealkylation sites (tertiary alicyclic amines) is 2. The van der Waals surface area contributed by atoms with Gasteiger partial charge in [-0.15, -0.1) is 0 Å². The highest BCUT2D eigenvalue weighted by Crippen LogP contribution is 2.31. The number of para-hydroxylation sites is 2. The summed E-state index contributed by atoms with van der Waals surface area (Å²) >= 11 is 0. The maximum atomic E-state index is 12.6. The zero-order valence-electron chi connectivity index (χ0n) is 31.3. The Balaban J connectivity index is 0.000000234. The molecule has 2 aromatic rings. The van der Waals surface area contributed by atoms with Gasteiger partial charge in [0.1, 0.15) is 23.3 Å². The Hall–Kier alpha value is -5.05. The van der Waals surface area contributed by atoms with Gasteiger partial charge in [0.15, 0.2) is 0 Å². The van der Waals surface area contributed by atoms with Crippen molar-refractivity contribution < 1.29 is 42.9 Å². The van der Waals surface area contributed by atoms with Crippen LogP contribution in [0.15, 0.2) is 48.5 Å². The lowest BCUT2D eigenvalue weighted by Gasteiger charge is -2.33. The number of rotatable bonds is 6. The molecular formula is C37H52N6O9. The molecule has 0 saturated carbocycles. The van der Waals surface area contributed by atoms with Gasteiger partial charge in [0.25, 0.3) is 0 Å². The zero-order valence-corrected chi connectivity index (χ0v) is 31.3. The van der Waals surface area contributed by atoms with Crippen LogP contribution in [-0.2, 0) is 41.6 Å². The highest BCUT2D eigenvalue weighted by molar-refractivity contribution is 5.93. The van der Waals surface area contributed by atoms with Gasteiger partial charge in [-0.05, 0) is 71.2 Å². The van der Waals surface area contributed by atoms with Gasteiger partial charge in [0.2, 0.25) is 0 Å². The Morgan fingerprint density at radius 2 is 1.35 bits per heavy atom. The van der Waals surface area contributed by atoms with Crippen molar-refractivity contribution in [2.75, 3.05) is 38.4 Å². The number of benzene rings is 2. The van der Waals surface area contributed by atoms with E-state index in [-0.39, 0.29) is 24.7 Å². The third-order valence-corrected chi connectivity index (χ3v) is 8.72. The number of fused-ring (bicyclic) bond motifs is 1. The van der Waals surface area contributed by atoms with Gasteiger partial charge < -0.3 is 40.2 Å². The van der Waals surface area contributed by atoms with Crippen molar-refractivity contribution >= 4 is 41.5 Å². The predicted octanol–water partition coefficient (Wildman–Crippen LogP) is 4.49. The van der Waals surface area contributed by atoms with E-state index in [0.29, 0.717) is 38.2 Å². The minimum absolute atomic E-state index is 0.0452. The van der Waals surface area contributed by atoms with E-state index in [2.05, 4.69) is 10.6 Å². The molecule has 15 heteroatoms. The molecule has 0 radical (unpaired) electrons. The van der Waals surface area contributed by atoms with Crippen molar-refractivity contribution in [3.05, 3.63) is 59.7 Å². The van der Waals surface area contributed by atoms with Gasteiger partial charge in [-0.25, -0.2) is 24.0 Å². The Morgan fingerprint density at radius 3 is 1.92 bits per heavy atom. The Labute approximate surface area is 305 Å². The predicted molar refractivity (Wildman–Crippen MR) is 193 cm³/mol. The van der Waals surface area contributed by atoms with Gasteiger partial charge in [0.05, 0.1) is 20.3 Å². The fourth-order valence-electron chi connectivity index (χ4n) is 6.25. The molecule has 4 amide bonds. The van der Waals surface area contributed by atoms with Gasteiger partial charge in [-0.3, -0.25) is 9.80 Å². The Bertz CT molecular complexity index is 1620. The maximum Gasteiger partial charge on any atom is 0.411 e. The molecule has 52 heavy (non-hydrogen) atoms. The summed E-state index contributed by atoms with van der Waals surface area (Å²) in [6, 6.07) is 13.1. The third kappa shape index (κ3) is 10.3. The molecule has 0 spiro atoms. The quantitative estimate of drug-likeness (QED) is 0.217. The molecule has 3 aliphatic heterocycles. The first-order valence-corrected chi connectivity index (χ1v) is 17.3. The van der Waals surface area contributed by atoms with E-state index in [0.717, 1.165) is 16.8 Å². The second-order valence-corrected chi connectivity index (χ2v) is 15.0. The molecule has 5 rings (SSSR count). The number of carbonyl (C=O) groups excluding carboxylic acids is 5. The van der Waals surface area contributed by atoms with Crippen molar-refractivity contribution in [3.63, 3.8) is 0 Å². The monoisotopic (exact) mass is 724 g/mol. The minimum Gasteiger partial charge on any atom is -0.467 e. The average Bonchev–Trinajstić information content (AvgIpc) is 3.71. The summed E-state index contributed by atoms with van der Waals surface area (Å²) < 4.78 is 20.5. The summed E-state index contributed by atoms with van der Waals surface area (Å²) in [5.41, 5.74) is 8.10. The fourth-order valence-corrected chi connectivity index (χ4v) is 6.25. The van der Waals surface area contributed by atoms with E-state index in [9.17, 15) is 24.0 Å². The first-order chi connectivity index (χ1) is 24.4. The lowest BCUT2D eigenvalue weighted by Crippen LogP contribution is -2.47. The number of nitrogen functional groups attached to an aromatic ring is 1. The van der Waals surface area contributed by atoms with Gasteiger partial charge in [-0.1, -0.05) is 36.4 Å². The molecule has 3 heterocycles. The Morgan fingerprint density at radius 1 is 0.808 bits per heavy atom. The number of hydrogen-bond donors (Lipinski definition) is 3. The first-order valence-electron chi connectivity index (χ1n) is 17.3. The number of urea groups is 1. The molecule has 0 aliphatic carbocycles. The number of anilines is 2. The van der Waals surface area contributed by atoms with E-state index >= 15 is 0 Å². The second-order valence-electron chi connectivity index (χ2n) is 15.0. The van der Waals surface area contributed by atoms with E-state index in [1.807, 2.05) is 48.5 Å². The number of hydrogen-bond acceptors (Lipinski definition) is 11. The van der Waals surface area contributed by atoms with Crippen molar-refractivity contribution in [3.8, 4) is 0 Å². The number of nitrogens with one attached hydrogen (secondary N) is 2.